The van der Waals surface area contributed by atoms with Crippen LogP contribution in [0.5, 0.6) is 0 Å². The van der Waals surface area contributed by atoms with Crippen LogP contribution in [-0.2, 0) is 51.3 Å². The third kappa shape index (κ3) is 9.74. The minimum atomic E-state index is -4.64. The molecule has 4 aliphatic rings. The lowest BCUT2D eigenvalue weighted by molar-refractivity contribution is -0.224. The number of carbonyl (C=O) groups is 4. The molecule has 3 aliphatic heterocycles. The van der Waals surface area contributed by atoms with Gasteiger partial charge < -0.3 is 34.7 Å². The quantitative estimate of drug-likeness (QED) is 0.0961. The number of ether oxygens (including phenoxy) is 4. The van der Waals surface area contributed by atoms with E-state index in [-0.39, 0.29) is 38.6 Å². The van der Waals surface area contributed by atoms with Crippen molar-refractivity contribution >= 4 is 29.8 Å². The fourth-order valence-electron chi connectivity index (χ4n) is 8.42. The fraction of sp³-hybridized carbons (Fsp3) is 0.571. The molecule has 13 nitrogen and oxygen atoms in total. The second-order valence-electron chi connectivity index (χ2n) is 15.4. The van der Waals surface area contributed by atoms with E-state index in [1.54, 1.807) is 48.5 Å². The maximum absolute atomic E-state index is 14.8. The summed E-state index contributed by atoms with van der Waals surface area (Å²) in [6.45, 7) is 2.54. The first-order valence-corrected chi connectivity index (χ1v) is 20.1. The maximum atomic E-state index is 14.8. The first kappa shape index (κ1) is 43.2. The normalized spacial score (nSPS) is 26.0. The van der Waals surface area contributed by atoms with Gasteiger partial charge >= 0.3 is 18.1 Å². The Morgan fingerprint density at radius 1 is 0.966 bits per heavy atom. The molecule has 3 saturated heterocycles. The highest BCUT2D eigenvalue weighted by Crippen LogP contribution is 2.58. The summed E-state index contributed by atoms with van der Waals surface area (Å²) in [6.07, 6.45) is 1.61. The van der Waals surface area contributed by atoms with Crippen molar-refractivity contribution in [2.45, 2.75) is 127 Å². The number of nitrogens with one attached hydrogen (secondary N) is 2. The summed E-state index contributed by atoms with van der Waals surface area (Å²) in [5.74, 6) is -3.51. The van der Waals surface area contributed by atoms with E-state index >= 15 is 0 Å². The van der Waals surface area contributed by atoms with Gasteiger partial charge in [0.25, 0.3) is 5.91 Å². The second-order valence-corrected chi connectivity index (χ2v) is 15.4. The molecule has 6 unspecified atom stereocenters. The van der Waals surface area contributed by atoms with Gasteiger partial charge in [-0.15, -0.1) is 0 Å². The van der Waals surface area contributed by atoms with Crippen LogP contribution < -0.4 is 10.6 Å². The fourth-order valence-corrected chi connectivity index (χ4v) is 8.42. The molecule has 4 fully saturated rings. The molecule has 0 aromatic heterocycles. The zero-order chi connectivity index (χ0) is 41.5. The van der Waals surface area contributed by atoms with Gasteiger partial charge in [0.05, 0.1) is 13.2 Å². The van der Waals surface area contributed by atoms with E-state index in [0.717, 1.165) is 44.6 Å². The standard InChI is InChI=1S/C42H52F3N3O10/c1-3-5-7-18-40(19-8-6-4-2)56-33-31-23-41(39(53)47-24-29-10-9-11-30(22-29)37(51)46-20-21-49)35(38(52)55-31)48(58-36(41)34(33)57-40)25-28-14-12-27(13-15-28)16-17-32(50)54-26-42(43,44)45/h9-17,22,31,33-36,49H,3-8,18-21,23-26H2,1-2H3,(H,46,51)(H,47,53). The number of hydrogen-bond acceptors (Lipinski definition) is 11. The zero-order valence-electron chi connectivity index (χ0n) is 32.8. The van der Waals surface area contributed by atoms with Crippen molar-refractivity contribution in [2.75, 3.05) is 19.8 Å². The van der Waals surface area contributed by atoms with Crippen molar-refractivity contribution in [1.82, 2.24) is 15.7 Å². The molecule has 1 saturated carbocycles. The van der Waals surface area contributed by atoms with Crippen LogP contribution in [-0.4, -0.2) is 96.1 Å². The van der Waals surface area contributed by atoms with Crippen molar-refractivity contribution in [3.05, 3.63) is 76.9 Å². The van der Waals surface area contributed by atoms with Crippen molar-refractivity contribution in [3.63, 3.8) is 0 Å². The van der Waals surface area contributed by atoms with Gasteiger partial charge in [-0.2, -0.15) is 18.2 Å². The number of aliphatic hydroxyl groups is 1. The van der Waals surface area contributed by atoms with Gasteiger partial charge in [-0.3, -0.25) is 19.2 Å². The predicted octanol–water partition coefficient (Wildman–Crippen LogP) is 5.28. The van der Waals surface area contributed by atoms with Crippen molar-refractivity contribution in [2.24, 2.45) is 5.41 Å². The number of fused-ring (bicyclic) bond motifs is 4. The third-order valence-corrected chi connectivity index (χ3v) is 11.1. The van der Waals surface area contributed by atoms with Gasteiger partial charge in [0, 0.05) is 44.0 Å². The first-order valence-electron chi connectivity index (χ1n) is 20.1. The molecular weight excluding hydrogens is 763 g/mol. The molecule has 3 heterocycles. The molecular formula is C42H52F3N3O10. The van der Waals surface area contributed by atoms with Crippen LogP contribution in [0.15, 0.2) is 54.6 Å². The number of unbranched alkanes of at least 4 members (excludes halogenated alkanes) is 4. The van der Waals surface area contributed by atoms with Crippen LogP contribution in [0.2, 0.25) is 0 Å². The van der Waals surface area contributed by atoms with E-state index in [4.69, 9.17) is 24.2 Å². The van der Waals surface area contributed by atoms with Crippen molar-refractivity contribution in [1.29, 1.82) is 0 Å². The number of nitrogens with zero attached hydrogens (tertiary/aromatic N) is 1. The van der Waals surface area contributed by atoms with Gasteiger partial charge in [-0.05, 0) is 47.7 Å². The number of esters is 2. The summed E-state index contributed by atoms with van der Waals surface area (Å²) >= 11 is 0. The monoisotopic (exact) mass is 815 g/mol. The van der Waals surface area contributed by atoms with Gasteiger partial charge in [0.2, 0.25) is 5.91 Å². The topological polar surface area (TPSA) is 162 Å². The Hall–Kier alpha value is -4.35. The molecule has 6 rings (SSSR count). The minimum Gasteiger partial charge on any atom is -0.458 e. The first-order chi connectivity index (χ1) is 27.8. The molecule has 2 amide bonds. The van der Waals surface area contributed by atoms with Crippen molar-refractivity contribution in [3.8, 4) is 0 Å². The number of rotatable bonds is 19. The number of halogens is 3. The molecule has 58 heavy (non-hydrogen) atoms. The number of hydrogen-bond donors (Lipinski definition) is 3. The summed E-state index contributed by atoms with van der Waals surface area (Å²) in [4.78, 5) is 60.0. The van der Waals surface area contributed by atoms with Crippen molar-refractivity contribution < 1.29 is 61.2 Å². The SMILES string of the molecule is CCCCCC1(CCCCC)OC2C3CC4(C(=O)NCc5cccc(C(=O)NCCO)c5)C(ON(Cc5ccc(C=CC(=O)OCC(F)(F)F)cc5)C4C(=O)O3)C2O1. The summed E-state index contributed by atoms with van der Waals surface area (Å²) in [6, 6.07) is 12.3. The largest absolute Gasteiger partial charge is 0.458 e. The Labute approximate surface area is 335 Å². The maximum Gasteiger partial charge on any atom is 0.422 e. The lowest BCUT2D eigenvalue weighted by Crippen LogP contribution is -2.69. The third-order valence-electron chi connectivity index (χ3n) is 11.1. The van der Waals surface area contributed by atoms with E-state index < -0.39 is 72.3 Å². The van der Waals surface area contributed by atoms with E-state index in [2.05, 4.69) is 29.2 Å². The molecule has 3 N–H and O–H groups in total. The predicted molar refractivity (Wildman–Crippen MR) is 202 cm³/mol. The highest BCUT2D eigenvalue weighted by Gasteiger charge is 2.76. The lowest BCUT2D eigenvalue weighted by atomic mass is 9.62. The summed E-state index contributed by atoms with van der Waals surface area (Å²) in [5, 5.41) is 16.2. The van der Waals surface area contributed by atoms with Crippen LogP contribution >= 0.6 is 0 Å². The summed E-state index contributed by atoms with van der Waals surface area (Å²) in [7, 11) is 0. The van der Waals surface area contributed by atoms with E-state index in [1.165, 1.54) is 11.1 Å². The van der Waals surface area contributed by atoms with E-state index in [0.29, 0.717) is 35.1 Å². The van der Waals surface area contributed by atoms with Crippen LogP contribution in [0.1, 0.15) is 98.7 Å². The molecule has 16 heteroatoms. The average molecular weight is 816 g/mol. The number of amides is 2. The van der Waals surface area contributed by atoms with E-state index in [1.807, 2.05) is 0 Å². The van der Waals surface area contributed by atoms with Gasteiger partial charge in [-0.1, -0.05) is 75.9 Å². The molecule has 0 spiro atoms. The highest BCUT2D eigenvalue weighted by atomic mass is 19.4. The molecule has 2 aromatic carbocycles. The smallest absolute Gasteiger partial charge is 0.422 e. The van der Waals surface area contributed by atoms with Gasteiger partial charge in [-0.25, -0.2) is 4.79 Å². The minimum absolute atomic E-state index is 0.0447. The van der Waals surface area contributed by atoms with E-state index in [9.17, 15) is 32.3 Å². The second kappa shape index (κ2) is 18.7. The highest BCUT2D eigenvalue weighted by molar-refractivity contribution is 5.95. The van der Waals surface area contributed by atoms with Gasteiger partial charge in [0.1, 0.15) is 29.8 Å². The Morgan fingerprint density at radius 2 is 1.67 bits per heavy atom. The average Bonchev–Trinajstić information content (AvgIpc) is 3.76. The molecule has 6 atom stereocenters. The number of benzene rings is 2. The molecule has 2 aromatic rings. The van der Waals surface area contributed by atoms with Gasteiger partial charge in [0.15, 0.2) is 18.4 Å². The molecule has 2 bridgehead atoms. The number of alkyl halides is 3. The molecule has 316 valence electrons. The Morgan fingerprint density at radius 3 is 2.34 bits per heavy atom. The van der Waals surface area contributed by atoms with Crippen LogP contribution in [0.3, 0.4) is 0 Å². The Bertz CT molecular complexity index is 1800. The Balaban J connectivity index is 1.27. The van der Waals surface area contributed by atoms with Crippen LogP contribution in [0, 0.1) is 5.41 Å². The Kier molecular flexibility index (Phi) is 13.9. The zero-order valence-corrected chi connectivity index (χ0v) is 32.8. The summed E-state index contributed by atoms with van der Waals surface area (Å²) < 4.78 is 61.4. The molecule has 0 radical (unpaired) electrons. The number of hydroxylamine groups is 2. The lowest BCUT2D eigenvalue weighted by Gasteiger charge is -2.48. The molecule has 1 aliphatic carbocycles. The van der Waals surface area contributed by atoms with Crippen LogP contribution in [0.4, 0.5) is 13.2 Å². The number of carbonyl (C=O) groups excluding carboxylic acids is 4. The van der Waals surface area contributed by atoms with Crippen LogP contribution in [0.25, 0.3) is 6.08 Å². The summed E-state index contributed by atoms with van der Waals surface area (Å²) in [5.41, 5.74) is 0.742. The number of aliphatic hydroxyl groups excluding tert-OH is 1.